The van der Waals surface area contributed by atoms with Gasteiger partial charge in [-0.2, -0.15) is 0 Å². The molecular weight excluding hydrogens is 288 g/mol. The van der Waals surface area contributed by atoms with E-state index < -0.39 is 12.0 Å². The third kappa shape index (κ3) is 2.31. The summed E-state index contributed by atoms with van der Waals surface area (Å²) in [7, 11) is 0. The summed E-state index contributed by atoms with van der Waals surface area (Å²) in [6.07, 6.45) is 2.32. The van der Waals surface area contributed by atoms with Crippen molar-refractivity contribution in [3.63, 3.8) is 0 Å². The molecule has 2 aromatic rings. The number of hydrogen-bond donors (Lipinski definition) is 1. The van der Waals surface area contributed by atoms with Crippen LogP contribution >= 0.6 is 11.3 Å². The van der Waals surface area contributed by atoms with Crippen molar-refractivity contribution in [2.24, 2.45) is 0 Å². The Bertz CT molecular complexity index is 710. The summed E-state index contributed by atoms with van der Waals surface area (Å²) in [5, 5.41) is 11.4. The molecule has 2 aromatic heterocycles. The molecule has 0 spiro atoms. The zero-order valence-electron chi connectivity index (χ0n) is 11.4. The summed E-state index contributed by atoms with van der Waals surface area (Å²) >= 11 is 1.55. The Balaban J connectivity index is 2.00. The number of aryl methyl sites for hydroxylation is 1. The maximum atomic E-state index is 12.7. The van der Waals surface area contributed by atoms with Crippen LogP contribution in [0.1, 0.15) is 32.5 Å². The lowest BCUT2D eigenvalue weighted by molar-refractivity contribution is -0.142. The average Bonchev–Trinajstić information content (AvgIpc) is 2.94. The van der Waals surface area contributed by atoms with Gasteiger partial charge in [0.25, 0.3) is 5.91 Å². The second-order valence-electron chi connectivity index (χ2n) is 4.92. The molecule has 0 aromatic carbocycles. The van der Waals surface area contributed by atoms with Crippen LogP contribution in [0, 0.1) is 6.92 Å². The van der Waals surface area contributed by atoms with E-state index in [1.54, 1.807) is 42.7 Å². The molecule has 0 aliphatic carbocycles. The van der Waals surface area contributed by atoms with Crippen molar-refractivity contribution in [3.05, 3.63) is 51.5 Å². The highest BCUT2D eigenvalue weighted by Gasteiger charge is 2.37. The van der Waals surface area contributed by atoms with E-state index in [9.17, 15) is 14.7 Å². The lowest BCUT2D eigenvalue weighted by atomic mass is 9.98. The molecular formula is C15H14N2O3S. The quantitative estimate of drug-likeness (QED) is 0.924. The van der Waals surface area contributed by atoms with Crippen molar-refractivity contribution in [2.75, 3.05) is 6.54 Å². The van der Waals surface area contributed by atoms with Gasteiger partial charge in [-0.15, -0.1) is 11.3 Å². The number of hydrogen-bond acceptors (Lipinski definition) is 4. The highest BCUT2D eigenvalue weighted by molar-refractivity contribution is 7.10. The molecule has 1 aliphatic rings. The van der Waals surface area contributed by atoms with Crippen LogP contribution in [0.4, 0.5) is 0 Å². The number of thiophene rings is 1. The first kappa shape index (κ1) is 13.8. The Morgan fingerprint density at radius 1 is 1.43 bits per heavy atom. The first-order valence-electron chi connectivity index (χ1n) is 6.61. The molecule has 6 heteroatoms. The molecule has 0 saturated heterocycles. The summed E-state index contributed by atoms with van der Waals surface area (Å²) in [4.78, 5) is 30.9. The van der Waals surface area contributed by atoms with E-state index in [1.165, 1.54) is 4.90 Å². The van der Waals surface area contributed by atoms with Crippen molar-refractivity contribution in [2.45, 2.75) is 19.4 Å². The van der Waals surface area contributed by atoms with Crippen molar-refractivity contribution in [1.29, 1.82) is 0 Å². The molecule has 108 valence electrons. The molecule has 21 heavy (non-hydrogen) atoms. The fraction of sp³-hybridized carbons (Fsp3) is 0.267. The fourth-order valence-corrected chi connectivity index (χ4v) is 3.57. The number of carbonyl (C=O) groups is 2. The molecule has 3 rings (SSSR count). The minimum absolute atomic E-state index is 0.273. The number of pyridine rings is 1. The first-order chi connectivity index (χ1) is 10.1. The zero-order chi connectivity index (χ0) is 15.0. The number of nitrogens with zero attached hydrogens (tertiary/aromatic N) is 2. The van der Waals surface area contributed by atoms with Gasteiger partial charge in [0, 0.05) is 23.3 Å². The molecule has 1 unspecified atom stereocenters. The monoisotopic (exact) mass is 302 g/mol. The third-order valence-corrected chi connectivity index (χ3v) is 4.69. The molecule has 1 N–H and O–H groups in total. The Labute approximate surface area is 125 Å². The van der Waals surface area contributed by atoms with E-state index >= 15 is 0 Å². The summed E-state index contributed by atoms with van der Waals surface area (Å²) in [6, 6.07) is 4.27. The van der Waals surface area contributed by atoms with Crippen LogP contribution in [-0.4, -0.2) is 33.4 Å². The smallest absolute Gasteiger partial charge is 0.331 e. The number of aromatic nitrogens is 1. The number of rotatable bonds is 2. The molecule has 1 atom stereocenters. The average molecular weight is 302 g/mol. The Kier molecular flexibility index (Phi) is 3.47. The second-order valence-corrected chi connectivity index (χ2v) is 5.93. The lowest BCUT2D eigenvalue weighted by Crippen LogP contribution is -2.43. The standard InChI is InChI=1S/C15H14N2O3S/c1-9-10(3-2-6-16-9)14(18)17-7-4-12-11(5-8-21-12)13(17)15(19)20/h2-3,5-6,8,13H,4,7H2,1H3,(H,19,20). The summed E-state index contributed by atoms with van der Waals surface area (Å²) in [5.41, 5.74) is 1.80. The minimum Gasteiger partial charge on any atom is -0.479 e. The van der Waals surface area contributed by atoms with Gasteiger partial charge in [0.1, 0.15) is 0 Å². The largest absolute Gasteiger partial charge is 0.479 e. The van der Waals surface area contributed by atoms with Crippen LogP contribution in [0.15, 0.2) is 29.8 Å². The number of fused-ring (bicyclic) bond motifs is 1. The van der Waals surface area contributed by atoms with E-state index in [0.29, 0.717) is 24.2 Å². The van der Waals surface area contributed by atoms with Gasteiger partial charge in [-0.1, -0.05) is 0 Å². The topological polar surface area (TPSA) is 70.5 Å². The van der Waals surface area contributed by atoms with Gasteiger partial charge < -0.3 is 10.0 Å². The summed E-state index contributed by atoms with van der Waals surface area (Å²) in [6.45, 7) is 2.17. The van der Waals surface area contributed by atoms with Crippen molar-refractivity contribution in [1.82, 2.24) is 9.88 Å². The molecule has 0 saturated carbocycles. The van der Waals surface area contributed by atoms with Gasteiger partial charge in [0.2, 0.25) is 0 Å². The highest BCUT2D eigenvalue weighted by atomic mass is 32.1. The highest BCUT2D eigenvalue weighted by Crippen LogP contribution is 2.34. The molecule has 0 bridgehead atoms. The predicted octanol–water partition coefficient (Wildman–Crippen LogP) is 2.28. The number of aliphatic carboxylic acids is 1. The van der Waals surface area contributed by atoms with E-state index in [1.807, 2.05) is 5.38 Å². The Morgan fingerprint density at radius 2 is 2.24 bits per heavy atom. The fourth-order valence-electron chi connectivity index (χ4n) is 2.67. The molecule has 3 heterocycles. The lowest BCUT2D eigenvalue weighted by Gasteiger charge is -2.33. The van der Waals surface area contributed by atoms with Gasteiger partial charge in [0.05, 0.1) is 5.56 Å². The predicted molar refractivity (Wildman–Crippen MR) is 78.4 cm³/mol. The molecule has 0 radical (unpaired) electrons. The number of amides is 1. The number of carbonyl (C=O) groups excluding carboxylic acids is 1. The van der Waals surface area contributed by atoms with Crippen molar-refractivity contribution in [3.8, 4) is 0 Å². The Hall–Kier alpha value is -2.21. The van der Waals surface area contributed by atoms with Crippen molar-refractivity contribution < 1.29 is 14.7 Å². The van der Waals surface area contributed by atoms with E-state index in [2.05, 4.69) is 4.98 Å². The van der Waals surface area contributed by atoms with Crippen LogP contribution in [0.2, 0.25) is 0 Å². The zero-order valence-corrected chi connectivity index (χ0v) is 12.3. The SMILES string of the molecule is Cc1ncccc1C(=O)N1CCc2sccc2C1C(=O)O. The van der Waals surface area contributed by atoms with Gasteiger partial charge in [-0.05, 0) is 42.5 Å². The van der Waals surface area contributed by atoms with Crippen LogP contribution in [0.3, 0.4) is 0 Å². The maximum absolute atomic E-state index is 12.7. The van der Waals surface area contributed by atoms with Crippen LogP contribution in [0.5, 0.6) is 0 Å². The third-order valence-electron chi connectivity index (χ3n) is 3.70. The van der Waals surface area contributed by atoms with Gasteiger partial charge in [0.15, 0.2) is 6.04 Å². The number of carboxylic acids is 1. The number of carboxylic acid groups (broad SMARTS) is 1. The molecule has 0 fully saturated rings. The van der Waals surface area contributed by atoms with Gasteiger partial charge in [-0.3, -0.25) is 9.78 Å². The summed E-state index contributed by atoms with van der Waals surface area (Å²) < 4.78 is 0. The Morgan fingerprint density at radius 3 is 2.95 bits per heavy atom. The second kappa shape index (κ2) is 5.29. The normalized spacial score (nSPS) is 17.4. The van der Waals surface area contributed by atoms with Crippen molar-refractivity contribution >= 4 is 23.2 Å². The molecule has 1 aliphatic heterocycles. The van der Waals surface area contributed by atoms with E-state index in [-0.39, 0.29) is 5.91 Å². The van der Waals surface area contributed by atoms with E-state index in [4.69, 9.17) is 0 Å². The van der Waals surface area contributed by atoms with E-state index in [0.717, 1.165) is 10.4 Å². The van der Waals surface area contributed by atoms with Gasteiger partial charge in [-0.25, -0.2) is 4.79 Å². The minimum atomic E-state index is -0.996. The maximum Gasteiger partial charge on any atom is 0.331 e. The molecule has 1 amide bonds. The summed E-state index contributed by atoms with van der Waals surface area (Å²) in [5.74, 6) is -1.27. The molecule has 5 nitrogen and oxygen atoms in total. The first-order valence-corrected chi connectivity index (χ1v) is 7.49. The van der Waals surface area contributed by atoms with Gasteiger partial charge >= 0.3 is 5.97 Å². The van der Waals surface area contributed by atoms with Crippen LogP contribution in [-0.2, 0) is 11.2 Å². The van der Waals surface area contributed by atoms with Crippen LogP contribution in [0.25, 0.3) is 0 Å². The van der Waals surface area contributed by atoms with Crippen LogP contribution < -0.4 is 0 Å².